The van der Waals surface area contributed by atoms with Crippen LogP contribution in [0.1, 0.15) is 51.4 Å². The Balaban J connectivity index is 1.16. The Labute approximate surface area is 220 Å². The minimum absolute atomic E-state index is 0.00738. The minimum Gasteiger partial charge on any atom is -0.339 e. The molecule has 3 aliphatic rings. The number of likely N-dealkylation sites (tertiary alicyclic amines) is 2. The second-order valence-electron chi connectivity index (χ2n) is 10.6. The molecule has 1 aromatic carbocycles. The average Bonchev–Trinajstić information content (AvgIpc) is 3.69. The summed E-state index contributed by atoms with van der Waals surface area (Å²) in [6, 6.07) is 11.4. The van der Waals surface area contributed by atoms with Crippen LogP contribution in [0.2, 0.25) is 0 Å². The number of anilines is 1. The first-order valence-electron chi connectivity index (χ1n) is 13.0. The summed E-state index contributed by atoms with van der Waals surface area (Å²) >= 11 is 1.23. The quantitative estimate of drug-likeness (QED) is 0.491. The maximum atomic E-state index is 13.2. The normalized spacial score (nSPS) is 23.0. The zero-order valence-electron chi connectivity index (χ0n) is 20.8. The number of hydrogen-bond acceptors (Lipinski definition) is 5. The number of rotatable bonds is 6. The number of amides is 3. The van der Waals surface area contributed by atoms with Gasteiger partial charge in [-0.05, 0) is 73.8 Å². The number of nitrogens with zero attached hydrogens (tertiary/aromatic N) is 4. The van der Waals surface area contributed by atoms with Crippen LogP contribution in [0.3, 0.4) is 0 Å². The number of hydrogen-bond donors (Lipinski definition) is 1. The van der Waals surface area contributed by atoms with Gasteiger partial charge in [0.1, 0.15) is 0 Å². The number of thiophene rings is 1. The number of imidazole rings is 1. The Hall–Kier alpha value is -3.46. The van der Waals surface area contributed by atoms with Gasteiger partial charge in [-0.15, -0.1) is 11.3 Å². The first-order chi connectivity index (χ1) is 17.9. The standard InChI is InChI=1S/C28H31N5O3S/c1-2-24(34)32-14-11-28(18-32)15-19(16-28)17-33-21-8-4-3-7-20(21)29-27(33)30-25(35)22-9-10-23(37-22)26(36)31-12-5-6-13-31/h2-4,7-10,19H,1,5-6,11-18H2,(H,29,30,35). The fourth-order valence-corrected chi connectivity index (χ4v) is 7.18. The van der Waals surface area contributed by atoms with Crippen LogP contribution in [0.25, 0.3) is 11.0 Å². The van der Waals surface area contributed by atoms with E-state index in [1.807, 2.05) is 34.1 Å². The molecule has 3 aromatic rings. The summed E-state index contributed by atoms with van der Waals surface area (Å²) in [5, 5.41) is 3.02. The molecule has 3 fully saturated rings. The second-order valence-corrected chi connectivity index (χ2v) is 11.7. The summed E-state index contributed by atoms with van der Waals surface area (Å²) in [6.07, 6.45) is 6.62. The molecule has 0 unspecified atom stereocenters. The lowest BCUT2D eigenvalue weighted by Gasteiger charge is -2.45. The molecule has 1 aliphatic carbocycles. The zero-order valence-corrected chi connectivity index (χ0v) is 21.6. The van der Waals surface area contributed by atoms with Crippen molar-refractivity contribution in [2.24, 2.45) is 11.3 Å². The Morgan fingerprint density at radius 1 is 1.05 bits per heavy atom. The van der Waals surface area contributed by atoms with Gasteiger partial charge < -0.3 is 14.4 Å². The minimum atomic E-state index is -0.249. The van der Waals surface area contributed by atoms with Crippen molar-refractivity contribution < 1.29 is 14.4 Å². The summed E-state index contributed by atoms with van der Waals surface area (Å²) < 4.78 is 2.11. The first kappa shape index (κ1) is 23.9. The molecule has 0 atom stereocenters. The van der Waals surface area contributed by atoms with Crippen molar-refractivity contribution in [3.63, 3.8) is 0 Å². The highest BCUT2D eigenvalue weighted by molar-refractivity contribution is 7.16. The Morgan fingerprint density at radius 3 is 2.59 bits per heavy atom. The van der Waals surface area contributed by atoms with Crippen molar-refractivity contribution in [3.8, 4) is 0 Å². The van der Waals surface area contributed by atoms with Crippen molar-refractivity contribution in [3.05, 3.63) is 58.8 Å². The van der Waals surface area contributed by atoms with E-state index in [-0.39, 0.29) is 23.1 Å². The monoisotopic (exact) mass is 517 g/mol. The number of fused-ring (bicyclic) bond motifs is 1. The van der Waals surface area contributed by atoms with Gasteiger partial charge in [0.15, 0.2) is 0 Å². The van der Waals surface area contributed by atoms with E-state index in [0.717, 1.165) is 75.9 Å². The van der Waals surface area contributed by atoms with Crippen molar-refractivity contribution in [1.82, 2.24) is 19.4 Å². The first-order valence-corrected chi connectivity index (χ1v) is 13.8. The summed E-state index contributed by atoms with van der Waals surface area (Å²) in [4.78, 5) is 47.5. The van der Waals surface area contributed by atoms with Crippen molar-refractivity contribution in [2.75, 3.05) is 31.5 Å². The number of aromatic nitrogens is 2. The fourth-order valence-electron chi connectivity index (χ4n) is 6.31. The molecule has 2 aliphatic heterocycles. The molecular weight excluding hydrogens is 486 g/mol. The van der Waals surface area contributed by atoms with E-state index in [4.69, 9.17) is 4.98 Å². The third-order valence-electron chi connectivity index (χ3n) is 8.12. The molecule has 3 amide bonds. The lowest BCUT2D eigenvalue weighted by molar-refractivity contribution is -0.125. The molecule has 6 rings (SSSR count). The van der Waals surface area contributed by atoms with Gasteiger partial charge in [-0.2, -0.15) is 0 Å². The highest BCUT2D eigenvalue weighted by Crippen LogP contribution is 2.52. The molecule has 0 radical (unpaired) electrons. The van der Waals surface area contributed by atoms with E-state index in [1.165, 1.54) is 17.4 Å². The zero-order chi connectivity index (χ0) is 25.6. The summed E-state index contributed by atoms with van der Waals surface area (Å²) in [7, 11) is 0. The molecule has 0 bridgehead atoms. The number of para-hydroxylation sites is 2. The van der Waals surface area contributed by atoms with Gasteiger partial charge in [0.05, 0.1) is 20.8 Å². The highest BCUT2D eigenvalue weighted by Gasteiger charge is 2.49. The van der Waals surface area contributed by atoms with E-state index >= 15 is 0 Å². The van der Waals surface area contributed by atoms with Gasteiger partial charge in [-0.3, -0.25) is 19.7 Å². The topological polar surface area (TPSA) is 87.5 Å². The van der Waals surface area contributed by atoms with Crippen LogP contribution in [0.15, 0.2) is 49.1 Å². The smallest absolute Gasteiger partial charge is 0.268 e. The van der Waals surface area contributed by atoms with Crippen LogP contribution in [0, 0.1) is 11.3 Å². The van der Waals surface area contributed by atoms with E-state index in [2.05, 4.69) is 16.5 Å². The van der Waals surface area contributed by atoms with Gasteiger partial charge >= 0.3 is 0 Å². The van der Waals surface area contributed by atoms with E-state index in [0.29, 0.717) is 21.6 Å². The van der Waals surface area contributed by atoms with Crippen molar-refractivity contribution in [2.45, 2.75) is 38.6 Å². The van der Waals surface area contributed by atoms with E-state index in [1.54, 1.807) is 12.1 Å². The number of nitrogens with one attached hydrogen (secondary N) is 1. The Kier molecular flexibility index (Phi) is 6.10. The largest absolute Gasteiger partial charge is 0.339 e. The summed E-state index contributed by atoms with van der Waals surface area (Å²) in [6.45, 7) is 7.56. The molecule has 2 saturated heterocycles. The molecule has 8 nitrogen and oxygen atoms in total. The van der Waals surface area contributed by atoms with Crippen LogP contribution in [0.5, 0.6) is 0 Å². The van der Waals surface area contributed by atoms with Crippen LogP contribution in [-0.4, -0.2) is 63.3 Å². The number of carbonyl (C=O) groups is 3. The Bertz CT molecular complexity index is 1380. The molecule has 2 aromatic heterocycles. The fraction of sp³-hybridized carbons (Fsp3) is 0.429. The average molecular weight is 518 g/mol. The second kappa shape index (κ2) is 9.45. The van der Waals surface area contributed by atoms with E-state index < -0.39 is 0 Å². The SMILES string of the molecule is C=CC(=O)N1CCC2(CC(Cn3c(NC(=O)c4ccc(C(=O)N5CCCC5)s4)nc4ccccc43)C2)C1. The van der Waals surface area contributed by atoms with Crippen LogP contribution >= 0.6 is 11.3 Å². The van der Waals surface area contributed by atoms with Crippen molar-refractivity contribution >= 4 is 46.0 Å². The lowest BCUT2D eigenvalue weighted by Crippen LogP contribution is -2.42. The third-order valence-corrected chi connectivity index (χ3v) is 9.19. The van der Waals surface area contributed by atoms with Gasteiger partial charge in [0.2, 0.25) is 11.9 Å². The maximum absolute atomic E-state index is 13.2. The highest BCUT2D eigenvalue weighted by atomic mass is 32.1. The molecule has 192 valence electrons. The van der Waals surface area contributed by atoms with Gasteiger partial charge in [-0.1, -0.05) is 18.7 Å². The molecule has 1 spiro atoms. The molecule has 37 heavy (non-hydrogen) atoms. The van der Waals surface area contributed by atoms with Crippen LogP contribution in [0.4, 0.5) is 5.95 Å². The van der Waals surface area contributed by atoms with Gasteiger partial charge in [-0.25, -0.2) is 4.98 Å². The molecule has 1 saturated carbocycles. The molecule has 9 heteroatoms. The molecule has 1 N–H and O–H groups in total. The van der Waals surface area contributed by atoms with Crippen LogP contribution < -0.4 is 5.32 Å². The van der Waals surface area contributed by atoms with Gasteiger partial charge in [0.25, 0.3) is 11.8 Å². The van der Waals surface area contributed by atoms with Crippen LogP contribution in [-0.2, 0) is 11.3 Å². The van der Waals surface area contributed by atoms with Crippen molar-refractivity contribution in [1.29, 1.82) is 0 Å². The number of carbonyl (C=O) groups excluding carboxylic acids is 3. The predicted octanol–water partition coefficient (Wildman–Crippen LogP) is 4.40. The summed E-state index contributed by atoms with van der Waals surface area (Å²) in [5.74, 6) is 0.764. The van der Waals surface area contributed by atoms with Gasteiger partial charge in [0, 0.05) is 32.7 Å². The third kappa shape index (κ3) is 4.45. The van der Waals surface area contributed by atoms with E-state index in [9.17, 15) is 14.4 Å². The summed E-state index contributed by atoms with van der Waals surface area (Å²) in [5.41, 5.74) is 2.04. The lowest BCUT2D eigenvalue weighted by atomic mass is 9.61. The Morgan fingerprint density at radius 2 is 1.81 bits per heavy atom. The number of benzene rings is 1. The molecular formula is C28H31N5O3S. The maximum Gasteiger partial charge on any atom is 0.268 e. The molecule has 4 heterocycles. The predicted molar refractivity (Wildman–Crippen MR) is 144 cm³/mol.